The van der Waals surface area contributed by atoms with Crippen LogP contribution in [-0.4, -0.2) is 33.2 Å². The highest BCUT2D eigenvalue weighted by atomic mass is 32.2. The third kappa shape index (κ3) is 3.77. The van der Waals surface area contributed by atoms with Crippen molar-refractivity contribution < 1.29 is 4.79 Å². The van der Waals surface area contributed by atoms with E-state index in [1.165, 1.54) is 27.7 Å². The van der Waals surface area contributed by atoms with Crippen molar-refractivity contribution in [1.82, 2.24) is 14.5 Å². The third-order valence-electron chi connectivity index (χ3n) is 3.96. The number of aromatic nitrogens is 2. The second-order valence-corrected chi connectivity index (χ2v) is 7.21. The van der Waals surface area contributed by atoms with Gasteiger partial charge in [0.05, 0.1) is 5.52 Å². The third-order valence-corrected chi connectivity index (χ3v) is 5.53. The van der Waals surface area contributed by atoms with Crippen LogP contribution in [0.5, 0.6) is 0 Å². The molecule has 2 aromatic heterocycles. The fourth-order valence-electron chi connectivity index (χ4n) is 2.63. The van der Waals surface area contributed by atoms with Gasteiger partial charge < -0.3 is 4.90 Å². The average Bonchev–Trinajstić information content (AvgIpc) is 3.11. The molecule has 0 radical (unpaired) electrons. The Bertz CT molecular complexity index is 934. The minimum atomic E-state index is -0.145. The highest BCUT2D eigenvalue weighted by Gasteiger charge is 2.18. The summed E-state index contributed by atoms with van der Waals surface area (Å²) in [5.74, 6) is -0.0820. The molecule has 1 aromatic carbocycles. The van der Waals surface area contributed by atoms with Gasteiger partial charge in [-0.1, -0.05) is 42.1 Å². The maximum Gasteiger partial charge on any atom is 0.272 e. The first-order chi connectivity index (χ1) is 12.1. The Balaban J connectivity index is 1.87. The van der Waals surface area contributed by atoms with Crippen molar-refractivity contribution in [3.63, 3.8) is 0 Å². The molecule has 0 saturated carbocycles. The monoisotopic (exact) mass is 373 g/mol. The molecule has 3 aromatic rings. The Labute approximate surface area is 154 Å². The van der Waals surface area contributed by atoms with Crippen LogP contribution in [0.25, 0.3) is 10.2 Å². The summed E-state index contributed by atoms with van der Waals surface area (Å²) in [7, 11) is 0. The van der Waals surface area contributed by atoms with Crippen LogP contribution in [0.4, 0.5) is 0 Å². The summed E-state index contributed by atoms with van der Waals surface area (Å²) in [6.07, 6.45) is 1.86. The van der Waals surface area contributed by atoms with Crippen molar-refractivity contribution in [2.45, 2.75) is 25.2 Å². The Morgan fingerprint density at radius 2 is 2.04 bits per heavy atom. The van der Waals surface area contributed by atoms with Gasteiger partial charge in [0.25, 0.3) is 5.56 Å². The van der Waals surface area contributed by atoms with E-state index in [1.807, 2.05) is 55.0 Å². The lowest BCUT2D eigenvalue weighted by atomic mass is 10.2. The van der Waals surface area contributed by atoms with Crippen LogP contribution in [0.15, 0.2) is 51.7 Å². The standard InChI is InChI=1S/C18H19N3O2S2/c1-3-20(11-13-7-5-4-6-8-13)15(22)12-21-17(23)16-14(9-10-25-16)19-18(21)24-2/h4-10H,3,11-12H2,1-2H3. The smallest absolute Gasteiger partial charge is 0.272 e. The fraction of sp³-hybridized carbons (Fsp3) is 0.278. The van der Waals surface area contributed by atoms with E-state index in [2.05, 4.69) is 4.98 Å². The van der Waals surface area contributed by atoms with Crippen molar-refractivity contribution in [1.29, 1.82) is 0 Å². The van der Waals surface area contributed by atoms with Crippen LogP contribution in [-0.2, 0) is 17.9 Å². The zero-order valence-corrected chi connectivity index (χ0v) is 15.8. The van der Waals surface area contributed by atoms with Crippen LogP contribution < -0.4 is 5.56 Å². The van der Waals surface area contributed by atoms with E-state index in [0.29, 0.717) is 28.5 Å². The first-order valence-electron chi connectivity index (χ1n) is 7.97. The van der Waals surface area contributed by atoms with Gasteiger partial charge in [0.15, 0.2) is 5.16 Å². The molecule has 7 heteroatoms. The van der Waals surface area contributed by atoms with E-state index in [0.717, 1.165) is 5.56 Å². The second-order valence-electron chi connectivity index (χ2n) is 5.52. The topological polar surface area (TPSA) is 55.2 Å². The molecule has 0 aliphatic heterocycles. The van der Waals surface area contributed by atoms with Crippen molar-refractivity contribution in [3.05, 3.63) is 57.7 Å². The van der Waals surface area contributed by atoms with Gasteiger partial charge in [0.2, 0.25) is 5.91 Å². The van der Waals surface area contributed by atoms with Gasteiger partial charge in [-0.15, -0.1) is 11.3 Å². The first kappa shape index (κ1) is 17.7. The minimum Gasteiger partial charge on any atom is -0.337 e. The predicted molar refractivity (Wildman–Crippen MR) is 103 cm³/mol. The van der Waals surface area contributed by atoms with Crippen LogP contribution in [0.1, 0.15) is 12.5 Å². The van der Waals surface area contributed by atoms with Gasteiger partial charge in [-0.3, -0.25) is 14.2 Å². The van der Waals surface area contributed by atoms with Gasteiger partial charge in [-0.2, -0.15) is 0 Å². The van der Waals surface area contributed by atoms with Crippen LogP contribution in [0, 0.1) is 0 Å². The van der Waals surface area contributed by atoms with E-state index in [1.54, 1.807) is 4.90 Å². The molecule has 0 bridgehead atoms. The number of carbonyl (C=O) groups is 1. The number of amides is 1. The van der Waals surface area contributed by atoms with E-state index in [4.69, 9.17) is 0 Å². The highest BCUT2D eigenvalue weighted by Crippen LogP contribution is 2.19. The number of benzene rings is 1. The molecule has 3 rings (SSSR count). The van der Waals surface area contributed by atoms with Gasteiger partial charge in [-0.25, -0.2) is 4.98 Å². The van der Waals surface area contributed by atoms with E-state index in [9.17, 15) is 9.59 Å². The highest BCUT2D eigenvalue weighted by molar-refractivity contribution is 7.98. The molecule has 0 saturated heterocycles. The van der Waals surface area contributed by atoms with Gasteiger partial charge in [0.1, 0.15) is 11.2 Å². The summed E-state index contributed by atoms with van der Waals surface area (Å²) in [6.45, 7) is 3.08. The second kappa shape index (κ2) is 7.84. The van der Waals surface area contributed by atoms with Crippen molar-refractivity contribution >= 4 is 39.2 Å². The fourth-order valence-corrected chi connectivity index (χ4v) is 3.97. The lowest BCUT2D eigenvalue weighted by Gasteiger charge is -2.22. The molecule has 0 aliphatic rings. The van der Waals surface area contributed by atoms with Gasteiger partial charge in [0, 0.05) is 13.1 Å². The number of thiophene rings is 1. The lowest BCUT2D eigenvalue weighted by molar-refractivity contribution is -0.132. The maximum atomic E-state index is 12.8. The number of hydrogen-bond acceptors (Lipinski definition) is 5. The molecule has 2 heterocycles. The quantitative estimate of drug-likeness (QED) is 0.492. The Morgan fingerprint density at radius 1 is 1.28 bits per heavy atom. The van der Waals surface area contributed by atoms with Crippen molar-refractivity contribution in [3.8, 4) is 0 Å². The van der Waals surface area contributed by atoms with E-state index in [-0.39, 0.29) is 18.0 Å². The number of rotatable bonds is 6. The molecule has 0 atom stereocenters. The summed E-state index contributed by atoms with van der Waals surface area (Å²) in [5, 5.41) is 2.42. The summed E-state index contributed by atoms with van der Waals surface area (Å²) < 4.78 is 2.08. The van der Waals surface area contributed by atoms with E-state index < -0.39 is 0 Å². The molecule has 0 aliphatic carbocycles. The number of likely N-dealkylation sites (N-methyl/N-ethyl adjacent to an activating group) is 1. The molecule has 1 amide bonds. The van der Waals surface area contributed by atoms with Gasteiger partial charge >= 0.3 is 0 Å². The molecule has 0 unspecified atom stereocenters. The molecule has 130 valence electrons. The summed E-state index contributed by atoms with van der Waals surface area (Å²) in [6, 6.07) is 11.7. The summed E-state index contributed by atoms with van der Waals surface area (Å²) in [4.78, 5) is 31.8. The maximum absolute atomic E-state index is 12.8. The van der Waals surface area contributed by atoms with Gasteiger partial charge in [-0.05, 0) is 30.2 Å². The first-order valence-corrected chi connectivity index (χ1v) is 10.1. The SMILES string of the molecule is CCN(Cc1ccccc1)C(=O)Cn1c(SC)nc2ccsc2c1=O. The number of thioether (sulfide) groups is 1. The molecule has 0 spiro atoms. The lowest BCUT2D eigenvalue weighted by Crippen LogP contribution is -2.36. The van der Waals surface area contributed by atoms with E-state index >= 15 is 0 Å². The zero-order valence-electron chi connectivity index (χ0n) is 14.1. The van der Waals surface area contributed by atoms with Crippen LogP contribution in [0.2, 0.25) is 0 Å². The molecule has 5 nitrogen and oxygen atoms in total. The van der Waals surface area contributed by atoms with Crippen molar-refractivity contribution in [2.24, 2.45) is 0 Å². The number of fused-ring (bicyclic) bond motifs is 1. The molecule has 0 N–H and O–H groups in total. The molecular formula is C18H19N3O2S2. The largest absolute Gasteiger partial charge is 0.337 e. The minimum absolute atomic E-state index is 0.0104. The summed E-state index contributed by atoms with van der Waals surface area (Å²) in [5.41, 5.74) is 1.62. The zero-order chi connectivity index (χ0) is 17.8. The predicted octanol–water partition coefficient (Wildman–Crippen LogP) is 3.23. The normalized spacial score (nSPS) is 11.0. The number of hydrogen-bond donors (Lipinski definition) is 0. The van der Waals surface area contributed by atoms with Crippen LogP contribution >= 0.6 is 23.1 Å². The Morgan fingerprint density at radius 3 is 2.72 bits per heavy atom. The molecule has 25 heavy (non-hydrogen) atoms. The number of carbonyl (C=O) groups excluding carboxylic acids is 1. The molecular weight excluding hydrogens is 354 g/mol. The Hall–Kier alpha value is -2.12. The molecule has 0 fully saturated rings. The van der Waals surface area contributed by atoms with Crippen molar-refractivity contribution in [2.75, 3.05) is 12.8 Å². The summed E-state index contributed by atoms with van der Waals surface area (Å²) >= 11 is 2.74. The number of nitrogens with zero attached hydrogens (tertiary/aromatic N) is 3. The van der Waals surface area contributed by atoms with Crippen LogP contribution in [0.3, 0.4) is 0 Å². The Kier molecular flexibility index (Phi) is 5.55. The average molecular weight is 374 g/mol.